The van der Waals surface area contributed by atoms with Crippen molar-refractivity contribution in [3.63, 3.8) is 0 Å². The van der Waals surface area contributed by atoms with E-state index in [2.05, 4.69) is 40.8 Å². The van der Waals surface area contributed by atoms with Crippen molar-refractivity contribution in [2.45, 2.75) is 39.9 Å². The molecule has 3 aromatic rings. The van der Waals surface area contributed by atoms with Crippen LogP contribution in [0.2, 0.25) is 0 Å². The molecule has 0 saturated carbocycles. The Labute approximate surface area is 199 Å². The maximum Gasteiger partial charge on any atom is 0.160 e. The first-order valence-electron chi connectivity index (χ1n) is 10.1. The van der Waals surface area contributed by atoms with Crippen LogP contribution in [-0.4, -0.2) is 31.6 Å². The van der Waals surface area contributed by atoms with E-state index in [9.17, 15) is 5.11 Å². The minimum Gasteiger partial charge on any atom is -0.486 e. The first-order chi connectivity index (χ1) is 15.2. The highest BCUT2D eigenvalue weighted by Gasteiger charge is 2.22. The van der Waals surface area contributed by atoms with Crippen LogP contribution in [0.3, 0.4) is 0 Å². The van der Waals surface area contributed by atoms with E-state index in [-0.39, 0.29) is 0 Å². The smallest absolute Gasteiger partial charge is 0.160 e. The third kappa shape index (κ3) is 5.06. The van der Waals surface area contributed by atoms with E-state index >= 15 is 0 Å². The largest absolute Gasteiger partial charge is 0.486 e. The summed E-state index contributed by atoms with van der Waals surface area (Å²) in [5, 5.41) is 13.3. The predicted octanol–water partition coefficient (Wildman–Crippen LogP) is 5.08. The molecule has 3 aromatic heterocycles. The number of thiazole rings is 1. The molecular formula is C23H24BrN5O2S. The number of ether oxygens (including phenoxy) is 1. The number of hydrogen-bond donors (Lipinski definition) is 1. The Hall–Kier alpha value is -2.62. The summed E-state index contributed by atoms with van der Waals surface area (Å²) in [6.45, 7) is 8.44. The summed E-state index contributed by atoms with van der Waals surface area (Å²) in [5.41, 5.74) is 3.22. The van der Waals surface area contributed by atoms with Crippen LogP contribution in [0.4, 0.5) is 5.69 Å². The average molecular weight is 514 g/mol. The summed E-state index contributed by atoms with van der Waals surface area (Å²) >= 11 is 5.30. The molecule has 0 saturated heterocycles. The number of anilines is 1. The van der Waals surface area contributed by atoms with E-state index < -0.39 is 5.60 Å². The third-order valence-corrected chi connectivity index (χ3v) is 6.36. The lowest BCUT2D eigenvalue weighted by Gasteiger charge is -2.30. The van der Waals surface area contributed by atoms with Gasteiger partial charge in [0.15, 0.2) is 5.82 Å². The molecule has 4 heterocycles. The molecule has 1 aliphatic rings. The molecule has 0 fully saturated rings. The highest BCUT2D eigenvalue weighted by Crippen LogP contribution is 2.32. The van der Waals surface area contributed by atoms with Crippen molar-refractivity contribution >= 4 is 33.0 Å². The average Bonchev–Trinajstić information content (AvgIpc) is 3.19. The molecule has 0 radical (unpaired) electrons. The topological polar surface area (TPSA) is 84.3 Å². The van der Waals surface area contributed by atoms with Crippen LogP contribution in [0.25, 0.3) is 11.4 Å². The van der Waals surface area contributed by atoms with Crippen molar-refractivity contribution in [3.05, 3.63) is 74.5 Å². The van der Waals surface area contributed by atoms with Gasteiger partial charge < -0.3 is 14.7 Å². The second-order valence-electron chi connectivity index (χ2n) is 8.01. The fraction of sp³-hybridized carbons (Fsp3) is 0.304. The standard InChI is InChI=1S/C23H24BrN5O2S/c1-14-9-21(31-12-16-13-32-15(2)27-16)18(24)11-29(14)17-5-7-25-20(10-17)19-6-8-26-22(28-19)23(3,4)30/h5-10,13,30H,11-12H2,1-4H3. The summed E-state index contributed by atoms with van der Waals surface area (Å²) in [6.07, 6.45) is 5.42. The summed E-state index contributed by atoms with van der Waals surface area (Å²) < 4.78 is 6.97. The highest BCUT2D eigenvalue weighted by atomic mass is 79.9. The van der Waals surface area contributed by atoms with Gasteiger partial charge in [-0.3, -0.25) is 4.98 Å². The molecule has 1 N–H and O–H groups in total. The molecule has 0 aliphatic carbocycles. The molecule has 4 rings (SSSR count). The monoisotopic (exact) mass is 513 g/mol. The second kappa shape index (κ2) is 9.09. The lowest BCUT2D eigenvalue weighted by Crippen LogP contribution is -2.26. The van der Waals surface area contributed by atoms with Crippen LogP contribution in [0.5, 0.6) is 0 Å². The maximum absolute atomic E-state index is 10.2. The summed E-state index contributed by atoms with van der Waals surface area (Å²) in [7, 11) is 0. The van der Waals surface area contributed by atoms with Crippen molar-refractivity contribution in [2.75, 3.05) is 11.4 Å². The zero-order chi connectivity index (χ0) is 22.9. The molecule has 0 spiro atoms. The minimum atomic E-state index is -1.12. The molecule has 0 amide bonds. The molecule has 1 aliphatic heterocycles. The summed E-state index contributed by atoms with van der Waals surface area (Å²) in [4.78, 5) is 19.8. The molecule has 0 bridgehead atoms. The van der Waals surface area contributed by atoms with Crippen LogP contribution in [-0.2, 0) is 16.9 Å². The van der Waals surface area contributed by atoms with Crippen molar-refractivity contribution < 1.29 is 9.84 Å². The number of nitrogens with zero attached hydrogens (tertiary/aromatic N) is 5. The van der Waals surface area contributed by atoms with Gasteiger partial charge in [0.05, 0.1) is 33.1 Å². The number of halogens is 1. The van der Waals surface area contributed by atoms with Crippen molar-refractivity contribution in [3.8, 4) is 11.4 Å². The number of allylic oxidation sites excluding steroid dienone is 2. The Bertz CT molecular complexity index is 1200. The van der Waals surface area contributed by atoms with Gasteiger partial charge in [0.1, 0.15) is 18.0 Å². The lowest BCUT2D eigenvalue weighted by atomic mass is 10.1. The zero-order valence-corrected chi connectivity index (χ0v) is 20.7. The maximum atomic E-state index is 10.2. The Morgan fingerprint density at radius 1 is 1.16 bits per heavy atom. The van der Waals surface area contributed by atoms with Gasteiger partial charge in [-0.25, -0.2) is 15.0 Å². The van der Waals surface area contributed by atoms with Gasteiger partial charge in [-0.2, -0.15) is 0 Å². The number of rotatable bonds is 6. The van der Waals surface area contributed by atoms with Gasteiger partial charge in [-0.05, 0) is 61.8 Å². The number of aryl methyl sites for hydroxylation is 1. The number of hydrogen-bond acceptors (Lipinski definition) is 8. The molecule has 166 valence electrons. The van der Waals surface area contributed by atoms with Crippen molar-refractivity contribution in [1.29, 1.82) is 0 Å². The first-order valence-corrected chi connectivity index (χ1v) is 11.8. The fourth-order valence-electron chi connectivity index (χ4n) is 3.25. The van der Waals surface area contributed by atoms with Crippen molar-refractivity contribution in [1.82, 2.24) is 19.9 Å². The quantitative estimate of drug-likeness (QED) is 0.491. The van der Waals surface area contributed by atoms with E-state index in [1.165, 1.54) is 0 Å². The Kier molecular flexibility index (Phi) is 6.41. The predicted molar refractivity (Wildman–Crippen MR) is 129 cm³/mol. The van der Waals surface area contributed by atoms with Crippen LogP contribution in [0.1, 0.15) is 37.3 Å². The van der Waals surface area contributed by atoms with E-state index in [0.29, 0.717) is 30.4 Å². The lowest BCUT2D eigenvalue weighted by molar-refractivity contribution is 0.0688. The molecule has 0 unspecified atom stereocenters. The van der Waals surface area contributed by atoms with Gasteiger partial charge in [0, 0.05) is 35.2 Å². The van der Waals surface area contributed by atoms with E-state index in [0.717, 1.165) is 32.3 Å². The number of aromatic nitrogens is 4. The zero-order valence-electron chi connectivity index (χ0n) is 18.3. The molecule has 9 heteroatoms. The van der Waals surface area contributed by atoms with Gasteiger partial charge >= 0.3 is 0 Å². The molecular weight excluding hydrogens is 490 g/mol. The number of pyridine rings is 1. The minimum absolute atomic E-state index is 0.360. The van der Waals surface area contributed by atoms with Gasteiger partial charge in [0.25, 0.3) is 0 Å². The molecule has 0 atom stereocenters. The van der Waals surface area contributed by atoms with Gasteiger partial charge in [-0.1, -0.05) is 0 Å². The van der Waals surface area contributed by atoms with E-state index in [1.54, 1.807) is 43.6 Å². The van der Waals surface area contributed by atoms with E-state index in [4.69, 9.17) is 4.74 Å². The van der Waals surface area contributed by atoms with Crippen LogP contribution in [0, 0.1) is 6.92 Å². The molecule has 0 aromatic carbocycles. The fourth-order valence-corrected chi connectivity index (χ4v) is 4.33. The Balaban J connectivity index is 1.54. The molecule has 7 nitrogen and oxygen atoms in total. The van der Waals surface area contributed by atoms with Crippen LogP contribution >= 0.6 is 27.3 Å². The SMILES string of the molecule is CC1=CC(OCc2csc(C)n2)=C(Br)CN1c1ccnc(-c2ccnc(C(C)(C)O)n2)c1. The summed E-state index contributed by atoms with van der Waals surface area (Å²) in [6, 6.07) is 5.74. The Morgan fingerprint density at radius 2 is 1.94 bits per heavy atom. The first kappa shape index (κ1) is 22.6. The van der Waals surface area contributed by atoms with Crippen LogP contribution in [0.15, 0.2) is 58.0 Å². The van der Waals surface area contributed by atoms with Crippen molar-refractivity contribution in [2.24, 2.45) is 0 Å². The Morgan fingerprint density at radius 3 is 2.66 bits per heavy atom. The third-order valence-electron chi connectivity index (χ3n) is 4.89. The molecule has 32 heavy (non-hydrogen) atoms. The highest BCUT2D eigenvalue weighted by molar-refractivity contribution is 9.11. The second-order valence-corrected chi connectivity index (χ2v) is 10.0. The number of aliphatic hydroxyl groups is 1. The normalized spacial score (nSPS) is 14.6. The summed E-state index contributed by atoms with van der Waals surface area (Å²) in [5.74, 6) is 1.17. The van der Waals surface area contributed by atoms with Gasteiger partial charge in [0.2, 0.25) is 0 Å². The van der Waals surface area contributed by atoms with Gasteiger partial charge in [-0.15, -0.1) is 11.3 Å². The van der Waals surface area contributed by atoms with E-state index in [1.807, 2.05) is 37.4 Å². The van der Waals surface area contributed by atoms with Crippen LogP contribution < -0.4 is 4.90 Å².